The van der Waals surface area contributed by atoms with Gasteiger partial charge < -0.3 is 24.5 Å². The topological polar surface area (TPSA) is 92.0 Å². The highest BCUT2D eigenvalue weighted by atomic mass is 16.5. The normalized spacial score (nSPS) is 18.8. The first-order valence-electron chi connectivity index (χ1n) is 6.53. The molecule has 2 rings (SSSR count). The Kier molecular flexibility index (Phi) is 5.00. The Bertz CT molecular complexity index is 446. The predicted octanol–water partition coefficient (Wildman–Crippen LogP) is 0.707. The number of rotatable bonds is 5. The molecule has 2 heterocycles. The smallest absolute Gasteiger partial charge is 0.317 e. The van der Waals surface area contributed by atoms with Crippen LogP contribution in [0.25, 0.3) is 0 Å². The molecule has 1 aromatic heterocycles. The Morgan fingerprint density at radius 2 is 2.35 bits per heavy atom. The van der Waals surface area contributed by atoms with Gasteiger partial charge in [0, 0.05) is 26.1 Å². The predicted molar refractivity (Wildman–Crippen MR) is 69.4 cm³/mol. The molecule has 1 aliphatic heterocycles. The van der Waals surface area contributed by atoms with Crippen molar-refractivity contribution in [2.45, 2.75) is 18.9 Å². The molecule has 0 saturated carbocycles. The number of urea groups is 1. The van der Waals surface area contributed by atoms with Gasteiger partial charge in [0.1, 0.15) is 5.76 Å². The fourth-order valence-electron chi connectivity index (χ4n) is 2.08. The van der Waals surface area contributed by atoms with E-state index in [0.29, 0.717) is 32.7 Å². The summed E-state index contributed by atoms with van der Waals surface area (Å²) in [6.07, 6.45) is 1.70. The minimum Gasteiger partial charge on any atom is -0.481 e. The molecule has 7 nitrogen and oxygen atoms in total. The number of carboxylic acids is 1. The molecule has 0 radical (unpaired) electrons. The summed E-state index contributed by atoms with van der Waals surface area (Å²) in [4.78, 5) is 24.2. The number of hydrogen-bond acceptors (Lipinski definition) is 4. The van der Waals surface area contributed by atoms with Gasteiger partial charge in [-0.2, -0.15) is 0 Å². The standard InChI is InChI=1S/C13H18N2O5/c16-12(17)8-11-9-15(5-7-20-11)13(18)14-4-3-10-2-1-6-19-10/h1-2,6,11H,3-5,7-9H2,(H,14,18)(H,16,17). The average molecular weight is 282 g/mol. The van der Waals surface area contributed by atoms with Crippen LogP contribution in [-0.4, -0.2) is 54.4 Å². The maximum Gasteiger partial charge on any atom is 0.317 e. The fraction of sp³-hybridized carbons (Fsp3) is 0.538. The molecule has 1 aromatic rings. The van der Waals surface area contributed by atoms with E-state index in [4.69, 9.17) is 14.3 Å². The number of morpholine rings is 1. The van der Waals surface area contributed by atoms with Crippen LogP contribution in [0.4, 0.5) is 4.79 Å². The second-order valence-electron chi connectivity index (χ2n) is 4.60. The molecule has 0 aliphatic carbocycles. The van der Waals surface area contributed by atoms with E-state index < -0.39 is 12.1 Å². The molecular weight excluding hydrogens is 264 g/mol. The van der Waals surface area contributed by atoms with E-state index >= 15 is 0 Å². The van der Waals surface area contributed by atoms with Gasteiger partial charge in [0.2, 0.25) is 0 Å². The molecule has 0 aromatic carbocycles. The number of furan rings is 1. The molecule has 20 heavy (non-hydrogen) atoms. The van der Waals surface area contributed by atoms with Crippen molar-refractivity contribution in [2.24, 2.45) is 0 Å². The Hall–Kier alpha value is -2.02. The summed E-state index contributed by atoms with van der Waals surface area (Å²) < 4.78 is 10.5. The number of nitrogens with zero attached hydrogens (tertiary/aromatic N) is 1. The van der Waals surface area contributed by atoms with Crippen LogP contribution in [0.2, 0.25) is 0 Å². The van der Waals surface area contributed by atoms with Crippen molar-refractivity contribution < 1.29 is 23.8 Å². The van der Waals surface area contributed by atoms with Gasteiger partial charge in [-0.25, -0.2) is 4.79 Å². The molecule has 1 atom stereocenters. The van der Waals surface area contributed by atoms with Crippen molar-refractivity contribution in [3.05, 3.63) is 24.2 Å². The SMILES string of the molecule is O=C(O)CC1CN(C(=O)NCCc2ccco2)CCO1. The highest BCUT2D eigenvalue weighted by molar-refractivity contribution is 5.74. The highest BCUT2D eigenvalue weighted by Gasteiger charge is 2.25. The zero-order valence-corrected chi connectivity index (χ0v) is 11.1. The molecule has 1 unspecified atom stereocenters. The van der Waals surface area contributed by atoms with Crippen molar-refractivity contribution in [3.63, 3.8) is 0 Å². The van der Waals surface area contributed by atoms with Crippen LogP contribution in [-0.2, 0) is 16.0 Å². The zero-order valence-electron chi connectivity index (χ0n) is 11.1. The Morgan fingerprint density at radius 1 is 1.50 bits per heavy atom. The number of hydrogen-bond donors (Lipinski definition) is 2. The lowest BCUT2D eigenvalue weighted by Gasteiger charge is -2.32. The molecule has 2 N–H and O–H groups in total. The van der Waals surface area contributed by atoms with Gasteiger partial charge in [0.05, 0.1) is 25.4 Å². The first-order chi connectivity index (χ1) is 9.65. The highest BCUT2D eigenvalue weighted by Crippen LogP contribution is 2.09. The Morgan fingerprint density at radius 3 is 3.05 bits per heavy atom. The number of nitrogens with one attached hydrogen (secondary N) is 1. The van der Waals surface area contributed by atoms with Crippen LogP contribution in [0.1, 0.15) is 12.2 Å². The van der Waals surface area contributed by atoms with Crippen LogP contribution < -0.4 is 5.32 Å². The van der Waals surface area contributed by atoms with Crippen LogP contribution in [0, 0.1) is 0 Å². The van der Waals surface area contributed by atoms with Gasteiger partial charge in [-0.15, -0.1) is 0 Å². The van der Waals surface area contributed by atoms with Crippen molar-refractivity contribution >= 4 is 12.0 Å². The van der Waals surface area contributed by atoms with Gasteiger partial charge in [0.15, 0.2) is 0 Å². The largest absolute Gasteiger partial charge is 0.481 e. The number of aliphatic carboxylic acids is 1. The molecule has 1 saturated heterocycles. The van der Waals surface area contributed by atoms with E-state index in [1.807, 2.05) is 6.07 Å². The van der Waals surface area contributed by atoms with Crippen molar-refractivity contribution in [2.75, 3.05) is 26.2 Å². The summed E-state index contributed by atoms with van der Waals surface area (Å²) in [6.45, 7) is 1.62. The van der Waals surface area contributed by atoms with E-state index in [1.165, 1.54) is 0 Å². The molecular formula is C13H18N2O5. The fourth-order valence-corrected chi connectivity index (χ4v) is 2.08. The monoisotopic (exact) mass is 282 g/mol. The molecule has 0 spiro atoms. The molecule has 0 bridgehead atoms. The number of ether oxygens (including phenoxy) is 1. The van der Waals surface area contributed by atoms with Gasteiger partial charge in [-0.1, -0.05) is 0 Å². The molecule has 7 heteroatoms. The summed E-state index contributed by atoms with van der Waals surface area (Å²) in [6, 6.07) is 3.45. The summed E-state index contributed by atoms with van der Waals surface area (Å²) in [5, 5.41) is 11.5. The number of amides is 2. The minimum absolute atomic E-state index is 0.0871. The molecule has 1 aliphatic rings. The summed E-state index contributed by atoms with van der Waals surface area (Å²) in [7, 11) is 0. The zero-order chi connectivity index (χ0) is 14.4. The van der Waals surface area contributed by atoms with E-state index in [1.54, 1.807) is 17.2 Å². The summed E-state index contributed by atoms with van der Waals surface area (Å²) in [5.74, 6) is -0.105. The summed E-state index contributed by atoms with van der Waals surface area (Å²) in [5.41, 5.74) is 0. The molecule has 2 amide bonds. The average Bonchev–Trinajstić information content (AvgIpc) is 2.91. The number of carboxylic acid groups (broad SMARTS) is 1. The Labute approximate surface area is 116 Å². The molecule has 1 fully saturated rings. The van der Waals surface area contributed by atoms with E-state index in [2.05, 4.69) is 5.32 Å². The maximum atomic E-state index is 11.9. The second kappa shape index (κ2) is 6.95. The maximum absolute atomic E-state index is 11.9. The van der Waals surface area contributed by atoms with Gasteiger partial charge in [-0.05, 0) is 12.1 Å². The van der Waals surface area contributed by atoms with E-state index in [9.17, 15) is 9.59 Å². The first kappa shape index (κ1) is 14.4. The van der Waals surface area contributed by atoms with Gasteiger partial charge in [0.25, 0.3) is 0 Å². The summed E-state index contributed by atoms with van der Waals surface area (Å²) >= 11 is 0. The Balaban J connectivity index is 1.72. The quantitative estimate of drug-likeness (QED) is 0.829. The lowest BCUT2D eigenvalue weighted by molar-refractivity contribution is -0.141. The number of carbonyl (C=O) groups excluding carboxylic acids is 1. The minimum atomic E-state index is -0.921. The van der Waals surface area contributed by atoms with Crippen molar-refractivity contribution in [3.8, 4) is 0 Å². The second-order valence-corrected chi connectivity index (χ2v) is 4.60. The van der Waals surface area contributed by atoms with Crippen LogP contribution >= 0.6 is 0 Å². The third kappa shape index (κ3) is 4.27. The van der Waals surface area contributed by atoms with Crippen LogP contribution in [0.5, 0.6) is 0 Å². The van der Waals surface area contributed by atoms with Crippen LogP contribution in [0.3, 0.4) is 0 Å². The third-order valence-corrected chi connectivity index (χ3v) is 3.06. The van der Waals surface area contributed by atoms with Gasteiger partial charge >= 0.3 is 12.0 Å². The van der Waals surface area contributed by atoms with E-state index in [0.717, 1.165) is 5.76 Å². The van der Waals surface area contributed by atoms with Crippen LogP contribution in [0.15, 0.2) is 22.8 Å². The van der Waals surface area contributed by atoms with Gasteiger partial charge in [-0.3, -0.25) is 4.79 Å². The van der Waals surface area contributed by atoms with E-state index in [-0.39, 0.29) is 12.5 Å². The molecule has 110 valence electrons. The lowest BCUT2D eigenvalue weighted by atomic mass is 10.2. The number of carbonyl (C=O) groups is 2. The first-order valence-corrected chi connectivity index (χ1v) is 6.53. The lowest BCUT2D eigenvalue weighted by Crippen LogP contribution is -2.50. The van der Waals surface area contributed by atoms with Crippen molar-refractivity contribution in [1.82, 2.24) is 10.2 Å². The van der Waals surface area contributed by atoms with Crippen molar-refractivity contribution in [1.29, 1.82) is 0 Å². The third-order valence-electron chi connectivity index (χ3n) is 3.06.